The SMILES string of the molecule is CCN(CC/C(N)=N/O)C(=O)c1ccc(F)cn1. The molecule has 3 N–H and O–H groups in total. The van der Waals surface area contributed by atoms with Crippen LogP contribution in [0.1, 0.15) is 23.8 Å². The number of aromatic nitrogens is 1. The Morgan fingerprint density at radius 2 is 2.33 bits per heavy atom. The van der Waals surface area contributed by atoms with E-state index in [2.05, 4.69) is 10.1 Å². The number of nitrogens with two attached hydrogens (primary N) is 1. The molecular formula is C11H15FN4O2. The van der Waals surface area contributed by atoms with E-state index < -0.39 is 5.82 Å². The Kier molecular flexibility index (Phi) is 5.04. The minimum absolute atomic E-state index is 0.0494. The topological polar surface area (TPSA) is 91.8 Å². The summed E-state index contributed by atoms with van der Waals surface area (Å²) in [6.07, 6.45) is 1.25. The van der Waals surface area contributed by atoms with Crippen LogP contribution in [0.15, 0.2) is 23.5 Å². The molecule has 0 aliphatic carbocycles. The molecule has 1 aromatic rings. The van der Waals surface area contributed by atoms with E-state index in [1.807, 2.05) is 0 Å². The fraction of sp³-hybridized carbons (Fsp3) is 0.364. The van der Waals surface area contributed by atoms with Gasteiger partial charge >= 0.3 is 0 Å². The lowest BCUT2D eigenvalue weighted by atomic mass is 10.3. The molecule has 1 rings (SSSR count). The van der Waals surface area contributed by atoms with Gasteiger partial charge in [0.15, 0.2) is 0 Å². The molecule has 0 aliphatic rings. The third-order valence-electron chi connectivity index (χ3n) is 2.38. The van der Waals surface area contributed by atoms with Crippen LogP contribution in [0, 0.1) is 5.82 Å². The van der Waals surface area contributed by atoms with Crippen molar-refractivity contribution >= 4 is 11.7 Å². The number of hydrogen-bond donors (Lipinski definition) is 2. The van der Waals surface area contributed by atoms with Gasteiger partial charge < -0.3 is 15.8 Å². The number of carbonyl (C=O) groups excluding carboxylic acids is 1. The highest BCUT2D eigenvalue weighted by atomic mass is 19.1. The molecular weight excluding hydrogens is 239 g/mol. The molecule has 0 aliphatic heterocycles. The summed E-state index contributed by atoms with van der Waals surface area (Å²) in [4.78, 5) is 17.2. The molecule has 0 bridgehead atoms. The molecule has 0 fully saturated rings. The quantitative estimate of drug-likeness (QED) is 0.352. The van der Waals surface area contributed by atoms with E-state index >= 15 is 0 Å². The molecule has 6 nitrogen and oxygen atoms in total. The average Bonchev–Trinajstić information content (AvgIpc) is 2.39. The zero-order valence-electron chi connectivity index (χ0n) is 10.0. The molecule has 0 saturated heterocycles. The molecule has 1 amide bonds. The average molecular weight is 254 g/mol. The fourth-order valence-electron chi connectivity index (χ4n) is 1.37. The zero-order valence-corrected chi connectivity index (χ0v) is 10.0. The number of halogens is 1. The first-order valence-electron chi connectivity index (χ1n) is 5.45. The van der Waals surface area contributed by atoms with Gasteiger partial charge in [0.2, 0.25) is 0 Å². The van der Waals surface area contributed by atoms with Crippen molar-refractivity contribution in [1.82, 2.24) is 9.88 Å². The second kappa shape index (κ2) is 6.53. The standard InChI is InChI=1S/C11H15FN4O2/c1-2-16(6-5-10(13)15-18)11(17)9-4-3-8(12)7-14-9/h3-4,7,18H,2,5-6H2,1H3,(H2,13,15). The zero-order chi connectivity index (χ0) is 13.5. The van der Waals surface area contributed by atoms with Crippen molar-refractivity contribution in [3.63, 3.8) is 0 Å². The van der Waals surface area contributed by atoms with Gasteiger partial charge in [-0.25, -0.2) is 9.37 Å². The first kappa shape index (κ1) is 13.9. The lowest BCUT2D eigenvalue weighted by molar-refractivity contribution is 0.0762. The lowest BCUT2D eigenvalue weighted by Crippen LogP contribution is -2.34. The maximum Gasteiger partial charge on any atom is 0.272 e. The molecule has 1 heterocycles. The second-order valence-electron chi connectivity index (χ2n) is 3.59. The van der Waals surface area contributed by atoms with Gasteiger partial charge in [-0.15, -0.1) is 0 Å². The van der Waals surface area contributed by atoms with Gasteiger partial charge in [0.05, 0.1) is 6.20 Å². The van der Waals surface area contributed by atoms with E-state index in [9.17, 15) is 9.18 Å². The van der Waals surface area contributed by atoms with Crippen LogP contribution in [0.5, 0.6) is 0 Å². The van der Waals surface area contributed by atoms with Gasteiger partial charge in [0, 0.05) is 19.5 Å². The number of amides is 1. The third-order valence-corrected chi connectivity index (χ3v) is 2.38. The summed E-state index contributed by atoms with van der Waals surface area (Å²) in [5, 5.41) is 11.2. The molecule has 0 saturated carbocycles. The summed E-state index contributed by atoms with van der Waals surface area (Å²) in [5.74, 6) is -0.761. The van der Waals surface area contributed by atoms with Crippen molar-refractivity contribution in [2.24, 2.45) is 10.9 Å². The Bertz CT molecular complexity index is 433. The number of rotatable bonds is 5. The third kappa shape index (κ3) is 3.69. The van der Waals surface area contributed by atoms with Crippen LogP contribution in [0.3, 0.4) is 0 Å². The summed E-state index contributed by atoms with van der Waals surface area (Å²) in [6.45, 7) is 2.56. The predicted molar refractivity (Wildman–Crippen MR) is 63.8 cm³/mol. The van der Waals surface area contributed by atoms with E-state index in [0.29, 0.717) is 13.1 Å². The first-order chi connectivity index (χ1) is 8.58. The molecule has 0 spiro atoms. The summed E-state index contributed by atoms with van der Waals surface area (Å²) in [5.41, 5.74) is 5.50. The number of amidine groups is 1. The fourth-order valence-corrected chi connectivity index (χ4v) is 1.37. The van der Waals surface area contributed by atoms with Crippen LogP contribution in [0.2, 0.25) is 0 Å². The van der Waals surface area contributed by atoms with Crippen LogP contribution in [0.4, 0.5) is 4.39 Å². The lowest BCUT2D eigenvalue weighted by Gasteiger charge is -2.19. The molecule has 98 valence electrons. The van der Waals surface area contributed by atoms with Crippen LogP contribution in [0.25, 0.3) is 0 Å². The van der Waals surface area contributed by atoms with Crippen molar-refractivity contribution in [2.45, 2.75) is 13.3 Å². The van der Waals surface area contributed by atoms with Crippen molar-refractivity contribution < 1.29 is 14.4 Å². The van der Waals surface area contributed by atoms with Crippen molar-refractivity contribution in [3.8, 4) is 0 Å². The van der Waals surface area contributed by atoms with Crippen LogP contribution >= 0.6 is 0 Å². The maximum atomic E-state index is 12.7. The monoisotopic (exact) mass is 254 g/mol. The Morgan fingerprint density at radius 3 is 2.83 bits per heavy atom. The highest BCUT2D eigenvalue weighted by Crippen LogP contribution is 2.04. The van der Waals surface area contributed by atoms with Gasteiger partial charge in [-0.1, -0.05) is 5.16 Å². The minimum Gasteiger partial charge on any atom is -0.409 e. The van der Waals surface area contributed by atoms with Crippen LogP contribution in [-0.2, 0) is 0 Å². The van der Waals surface area contributed by atoms with Crippen molar-refractivity contribution in [1.29, 1.82) is 0 Å². The Morgan fingerprint density at radius 1 is 1.61 bits per heavy atom. The van der Waals surface area contributed by atoms with E-state index in [1.165, 1.54) is 17.0 Å². The van der Waals surface area contributed by atoms with Gasteiger partial charge in [-0.3, -0.25) is 4.79 Å². The Labute approximate surface area is 104 Å². The number of nitrogens with zero attached hydrogens (tertiary/aromatic N) is 3. The van der Waals surface area contributed by atoms with Crippen LogP contribution in [-0.4, -0.2) is 39.9 Å². The van der Waals surface area contributed by atoms with Gasteiger partial charge in [0.25, 0.3) is 5.91 Å². The smallest absolute Gasteiger partial charge is 0.272 e. The molecule has 1 aromatic heterocycles. The number of hydrogen-bond acceptors (Lipinski definition) is 4. The Balaban J connectivity index is 2.70. The molecule has 7 heteroatoms. The van der Waals surface area contributed by atoms with E-state index in [4.69, 9.17) is 10.9 Å². The molecule has 18 heavy (non-hydrogen) atoms. The molecule has 0 aromatic carbocycles. The van der Waals surface area contributed by atoms with E-state index in [1.54, 1.807) is 6.92 Å². The predicted octanol–water partition coefficient (Wildman–Crippen LogP) is 0.819. The molecule has 0 atom stereocenters. The van der Waals surface area contributed by atoms with E-state index in [0.717, 1.165) is 6.20 Å². The van der Waals surface area contributed by atoms with Crippen molar-refractivity contribution in [2.75, 3.05) is 13.1 Å². The summed E-state index contributed by atoms with van der Waals surface area (Å²) >= 11 is 0. The van der Waals surface area contributed by atoms with Crippen molar-refractivity contribution in [3.05, 3.63) is 29.8 Å². The van der Waals surface area contributed by atoms with Gasteiger partial charge in [-0.05, 0) is 19.1 Å². The summed E-state index contributed by atoms with van der Waals surface area (Å²) in [6, 6.07) is 2.50. The van der Waals surface area contributed by atoms with Gasteiger partial charge in [0.1, 0.15) is 17.3 Å². The highest BCUT2D eigenvalue weighted by molar-refractivity contribution is 5.92. The minimum atomic E-state index is -0.494. The summed E-state index contributed by atoms with van der Waals surface area (Å²) in [7, 11) is 0. The van der Waals surface area contributed by atoms with Crippen LogP contribution < -0.4 is 5.73 Å². The summed E-state index contributed by atoms with van der Waals surface area (Å²) < 4.78 is 12.7. The normalized spacial score (nSPS) is 11.3. The number of carbonyl (C=O) groups is 1. The largest absolute Gasteiger partial charge is 0.409 e. The molecule has 0 unspecified atom stereocenters. The van der Waals surface area contributed by atoms with E-state index in [-0.39, 0.29) is 23.9 Å². The maximum absolute atomic E-state index is 12.7. The second-order valence-corrected chi connectivity index (χ2v) is 3.59. The van der Waals surface area contributed by atoms with Gasteiger partial charge in [-0.2, -0.15) is 0 Å². The number of oxime groups is 1. The Hall–Kier alpha value is -2.18. The first-order valence-corrected chi connectivity index (χ1v) is 5.45. The highest BCUT2D eigenvalue weighted by Gasteiger charge is 2.15. The number of pyridine rings is 1. The molecule has 0 radical (unpaired) electrons.